The Bertz CT molecular complexity index is 1700. The Morgan fingerprint density at radius 2 is 1.90 bits per heavy atom. The maximum absolute atomic E-state index is 14.7. The number of carboxylic acid groups (broad SMARTS) is 1. The van der Waals surface area contributed by atoms with Gasteiger partial charge in [0.15, 0.2) is 11.6 Å². The molecule has 3 aromatic carbocycles. The van der Waals surface area contributed by atoms with Crippen LogP contribution in [0.25, 0.3) is 10.9 Å². The summed E-state index contributed by atoms with van der Waals surface area (Å²) in [5, 5.41) is 16.1. The highest BCUT2D eigenvalue weighted by Crippen LogP contribution is 2.36. The Morgan fingerprint density at radius 3 is 2.60 bits per heavy atom. The molecule has 1 aliphatic rings. The minimum Gasteiger partial charge on any atom is -0.494 e. The summed E-state index contributed by atoms with van der Waals surface area (Å²) in [7, 11) is 1.35. The van der Waals surface area contributed by atoms with Crippen molar-refractivity contribution in [2.24, 2.45) is 5.10 Å². The van der Waals surface area contributed by atoms with E-state index in [4.69, 9.17) is 21.4 Å². The van der Waals surface area contributed by atoms with Crippen LogP contribution in [0.3, 0.4) is 0 Å². The van der Waals surface area contributed by atoms with Crippen molar-refractivity contribution in [1.29, 1.82) is 0 Å². The lowest BCUT2D eigenvalue weighted by atomic mass is 9.91. The molecule has 0 bridgehead atoms. The van der Waals surface area contributed by atoms with E-state index in [0.717, 1.165) is 16.0 Å². The molecule has 8 nitrogen and oxygen atoms in total. The van der Waals surface area contributed by atoms with Gasteiger partial charge in [0.05, 0.1) is 30.8 Å². The first-order chi connectivity index (χ1) is 19.2. The van der Waals surface area contributed by atoms with E-state index in [1.807, 2.05) is 30.3 Å². The third-order valence-electron chi connectivity index (χ3n) is 6.88. The van der Waals surface area contributed by atoms with Gasteiger partial charge in [-0.3, -0.25) is 14.4 Å². The van der Waals surface area contributed by atoms with Gasteiger partial charge in [-0.25, -0.2) is 9.40 Å². The first-order valence-corrected chi connectivity index (χ1v) is 13.0. The van der Waals surface area contributed by atoms with Crippen LogP contribution >= 0.6 is 11.6 Å². The largest absolute Gasteiger partial charge is 0.494 e. The Kier molecular flexibility index (Phi) is 7.66. The van der Waals surface area contributed by atoms with Crippen LogP contribution in [-0.2, 0) is 16.0 Å². The smallest absolute Gasteiger partial charge is 0.303 e. The number of amides is 1. The van der Waals surface area contributed by atoms with Crippen LogP contribution < -0.4 is 10.3 Å². The molecule has 0 saturated carbocycles. The predicted octanol–water partition coefficient (Wildman–Crippen LogP) is 5.46. The summed E-state index contributed by atoms with van der Waals surface area (Å²) in [4.78, 5) is 40.8. The molecule has 2 N–H and O–H groups in total. The number of carbonyl (C=O) groups excluding carboxylic acids is 1. The monoisotopic (exact) mass is 561 g/mol. The summed E-state index contributed by atoms with van der Waals surface area (Å²) < 4.78 is 19.7. The zero-order chi connectivity index (χ0) is 28.4. The van der Waals surface area contributed by atoms with E-state index in [2.05, 4.69) is 10.1 Å². The molecular formula is C30H25ClFN3O5. The normalized spacial score (nSPS) is 14.8. The third-order valence-corrected chi connectivity index (χ3v) is 7.11. The lowest BCUT2D eigenvalue weighted by Crippen LogP contribution is -2.27. The second-order valence-electron chi connectivity index (χ2n) is 9.45. The molecule has 5 rings (SSSR count). The highest BCUT2D eigenvalue weighted by molar-refractivity contribution is 6.31. The van der Waals surface area contributed by atoms with Crippen LogP contribution in [0.1, 0.15) is 47.6 Å². The number of hydrogen-bond donors (Lipinski definition) is 2. The molecule has 1 unspecified atom stereocenters. The Morgan fingerprint density at radius 1 is 1.12 bits per heavy atom. The van der Waals surface area contributed by atoms with Gasteiger partial charge >= 0.3 is 5.97 Å². The molecule has 40 heavy (non-hydrogen) atoms. The van der Waals surface area contributed by atoms with Crippen LogP contribution in [-0.4, -0.2) is 39.8 Å². The molecule has 1 aromatic heterocycles. The van der Waals surface area contributed by atoms with Gasteiger partial charge in [0.25, 0.3) is 5.56 Å². The molecule has 0 spiro atoms. The number of carbonyl (C=O) groups is 2. The van der Waals surface area contributed by atoms with Crippen LogP contribution in [0, 0.1) is 5.82 Å². The van der Waals surface area contributed by atoms with Gasteiger partial charge in [-0.15, -0.1) is 0 Å². The Hall–Kier alpha value is -4.50. The number of aromatic amines is 1. The van der Waals surface area contributed by atoms with Gasteiger partial charge < -0.3 is 14.8 Å². The predicted molar refractivity (Wildman–Crippen MR) is 149 cm³/mol. The summed E-state index contributed by atoms with van der Waals surface area (Å²) in [6.45, 7) is 0. The van der Waals surface area contributed by atoms with Crippen molar-refractivity contribution in [2.75, 3.05) is 7.11 Å². The number of H-pyrrole nitrogens is 1. The van der Waals surface area contributed by atoms with Gasteiger partial charge in [0.1, 0.15) is 0 Å². The second-order valence-corrected chi connectivity index (χ2v) is 9.89. The molecule has 1 amide bonds. The number of hydrazone groups is 1. The van der Waals surface area contributed by atoms with Gasteiger partial charge in [-0.1, -0.05) is 48.0 Å². The van der Waals surface area contributed by atoms with E-state index >= 15 is 0 Å². The fourth-order valence-electron chi connectivity index (χ4n) is 4.99. The standard InChI is InChI=1S/C30H25ClFN3O5/c1-40-26-10-7-18(14-22(26)32)25-16-24(34-35(25)27(36)11-12-28(37)38)29-21(13-17-5-3-2-4-6-17)20-15-19(31)8-9-23(20)33-30(29)39/h2-10,14-15,25H,11-13,16H2,1H3,(H,33,39)(H,37,38). The van der Waals surface area contributed by atoms with Crippen LogP contribution in [0.5, 0.6) is 5.75 Å². The number of benzene rings is 3. The average molecular weight is 562 g/mol. The van der Waals surface area contributed by atoms with Crippen molar-refractivity contribution >= 4 is 40.1 Å². The molecular weight excluding hydrogens is 537 g/mol. The Balaban J connectivity index is 1.65. The molecule has 1 aliphatic heterocycles. The summed E-state index contributed by atoms with van der Waals surface area (Å²) in [5.41, 5.74) is 2.92. The first-order valence-electron chi connectivity index (χ1n) is 12.6. The minimum absolute atomic E-state index is 0.0413. The van der Waals surface area contributed by atoms with Gasteiger partial charge in [-0.2, -0.15) is 5.10 Å². The zero-order valence-electron chi connectivity index (χ0n) is 21.5. The molecule has 0 fully saturated rings. The van der Waals surface area contributed by atoms with Crippen molar-refractivity contribution in [3.8, 4) is 5.75 Å². The van der Waals surface area contributed by atoms with Gasteiger partial charge in [0.2, 0.25) is 5.91 Å². The number of nitrogens with one attached hydrogen (secondary N) is 1. The fourth-order valence-corrected chi connectivity index (χ4v) is 5.16. The Labute approximate surface area is 233 Å². The molecule has 2 heterocycles. The van der Waals surface area contributed by atoms with Crippen LogP contribution in [0.4, 0.5) is 4.39 Å². The summed E-state index contributed by atoms with van der Waals surface area (Å²) >= 11 is 6.34. The van der Waals surface area contributed by atoms with E-state index in [-0.39, 0.29) is 24.2 Å². The molecule has 0 radical (unpaired) electrons. The van der Waals surface area contributed by atoms with Crippen molar-refractivity contribution < 1.29 is 23.8 Å². The zero-order valence-corrected chi connectivity index (χ0v) is 22.2. The van der Waals surface area contributed by atoms with Crippen LogP contribution in [0.2, 0.25) is 5.02 Å². The van der Waals surface area contributed by atoms with Crippen LogP contribution in [0.15, 0.2) is 76.6 Å². The number of aromatic nitrogens is 1. The lowest BCUT2D eigenvalue weighted by Gasteiger charge is -2.22. The number of aliphatic carboxylic acids is 1. The number of nitrogens with zero attached hydrogens (tertiary/aromatic N) is 2. The second kappa shape index (κ2) is 11.3. The number of fused-ring (bicyclic) bond motifs is 1. The average Bonchev–Trinajstić information content (AvgIpc) is 3.37. The van der Waals surface area contributed by atoms with E-state index in [1.54, 1.807) is 24.3 Å². The fraction of sp³-hybridized carbons (Fsp3) is 0.200. The number of carboxylic acids is 1. The van der Waals surface area contributed by atoms with Gasteiger partial charge in [-0.05, 0) is 53.4 Å². The number of methoxy groups -OCH3 is 1. The summed E-state index contributed by atoms with van der Waals surface area (Å²) in [6, 6.07) is 18.4. The quantitative estimate of drug-likeness (QED) is 0.296. The van der Waals surface area contributed by atoms with E-state index < -0.39 is 30.2 Å². The highest BCUT2D eigenvalue weighted by atomic mass is 35.5. The van der Waals surface area contributed by atoms with E-state index in [1.165, 1.54) is 19.2 Å². The molecule has 204 valence electrons. The van der Waals surface area contributed by atoms with E-state index in [9.17, 15) is 18.8 Å². The number of pyridine rings is 1. The maximum atomic E-state index is 14.7. The molecule has 0 saturated heterocycles. The number of halogens is 2. The SMILES string of the molecule is COc1ccc(C2CC(c3c(Cc4ccccc4)c4cc(Cl)ccc4[nH]c3=O)=NN2C(=O)CCC(=O)O)cc1F. The number of ether oxygens (including phenoxy) is 1. The summed E-state index contributed by atoms with van der Waals surface area (Å²) in [6.07, 6.45) is -0.188. The molecule has 10 heteroatoms. The molecule has 4 aromatic rings. The third kappa shape index (κ3) is 5.46. The molecule has 0 aliphatic carbocycles. The first kappa shape index (κ1) is 27.1. The summed E-state index contributed by atoms with van der Waals surface area (Å²) in [5.74, 6) is -2.26. The van der Waals surface area contributed by atoms with Gasteiger partial charge in [0, 0.05) is 28.8 Å². The van der Waals surface area contributed by atoms with Crippen molar-refractivity contribution in [3.05, 3.63) is 110 Å². The topological polar surface area (TPSA) is 112 Å². The number of hydrogen-bond acceptors (Lipinski definition) is 5. The number of rotatable bonds is 8. The minimum atomic E-state index is -1.13. The maximum Gasteiger partial charge on any atom is 0.303 e. The van der Waals surface area contributed by atoms with Crippen molar-refractivity contribution in [3.63, 3.8) is 0 Å². The molecule has 1 atom stereocenters. The van der Waals surface area contributed by atoms with E-state index in [0.29, 0.717) is 39.4 Å². The van der Waals surface area contributed by atoms with Crippen molar-refractivity contribution in [1.82, 2.24) is 9.99 Å². The lowest BCUT2D eigenvalue weighted by molar-refractivity contribution is -0.141. The highest BCUT2D eigenvalue weighted by Gasteiger charge is 2.35. The van der Waals surface area contributed by atoms with Crippen molar-refractivity contribution in [2.45, 2.75) is 31.7 Å².